The third-order valence-corrected chi connectivity index (χ3v) is 24.0. The molecule has 0 amide bonds. The van der Waals surface area contributed by atoms with Gasteiger partial charge in [0.15, 0.2) is 0 Å². The second-order valence-corrected chi connectivity index (χ2v) is 30.9. The fourth-order valence-corrected chi connectivity index (χ4v) is 18.5. The van der Waals surface area contributed by atoms with E-state index in [1.165, 1.54) is 49.9 Å². The van der Waals surface area contributed by atoms with E-state index in [9.17, 15) is 0 Å². The van der Waals surface area contributed by atoms with Crippen LogP contribution in [0.3, 0.4) is 0 Å². The lowest BCUT2D eigenvalue weighted by Crippen LogP contribution is -2.16. The number of benzene rings is 17. The molecule has 4 aromatic heterocycles. The Labute approximate surface area is 647 Å². The standard InChI is InChI=1S/C55H37NO2.C51H35NO2/c1-55(2)48-22-8-5-14-40(48)41-30-29-36(33-49(41)55)56(35-27-25-34(26-28-35)37-18-11-20-46-43-16-6-9-23-51(43)57-53(37)46)50-32-31-39(38-13-3-4-15-42(38)50)45-19-12-21-47-44-17-7-10-24-52(44)58-54(45)47;1-51(2)45-18-6-3-11-39(45)40-30-29-36(31-46(40)51)52(34-25-21-32(22-26-34)37-14-9-16-43-41-12-4-7-19-47(41)53-49(37)43)35-27-23-33(24-28-35)38-15-10-17-44-42-13-5-8-20-48(42)54-50(38)44/h3-33H,1-2H3;3-31H,1-2H3. The first kappa shape index (κ1) is 64.9. The van der Waals surface area contributed by atoms with Crippen LogP contribution in [0.25, 0.3) is 165 Å². The second kappa shape index (κ2) is 25.2. The molecule has 4 heterocycles. The van der Waals surface area contributed by atoms with Gasteiger partial charge in [-0.1, -0.05) is 301 Å². The molecule has 23 rings (SSSR count). The molecule has 6 nitrogen and oxygen atoms in total. The highest BCUT2D eigenvalue weighted by atomic mass is 16.3. The summed E-state index contributed by atoms with van der Waals surface area (Å²) in [4.78, 5) is 4.80. The molecule has 112 heavy (non-hydrogen) atoms. The van der Waals surface area contributed by atoms with Crippen LogP contribution in [0, 0.1) is 0 Å². The molecule has 0 unspecified atom stereocenters. The molecule has 0 atom stereocenters. The highest BCUT2D eigenvalue weighted by Gasteiger charge is 2.38. The summed E-state index contributed by atoms with van der Waals surface area (Å²) in [6.07, 6.45) is 0. The molecule has 0 radical (unpaired) electrons. The summed E-state index contributed by atoms with van der Waals surface area (Å²) in [6, 6.07) is 131. The van der Waals surface area contributed by atoms with Gasteiger partial charge in [-0.3, -0.25) is 0 Å². The fraction of sp³-hybridized carbons (Fsp3) is 0.0566. The van der Waals surface area contributed by atoms with Gasteiger partial charge in [-0.2, -0.15) is 0 Å². The first-order chi connectivity index (χ1) is 55.1. The molecule has 0 saturated heterocycles. The SMILES string of the molecule is CC1(C)c2ccccc2-c2ccc(N(c3ccc(-c4cccc5c4oc4ccccc45)cc3)c3ccc(-c4cccc5c4oc4ccccc45)c4ccccc34)cc21.CC1(C)c2ccccc2-c2ccc(N(c3ccc(-c4cccc5c4oc4ccccc45)cc3)c3ccc(-c4cccc5c4oc4ccccc45)cc3)cc21. The maximum absolute atomic E-state index is 6.57. The largest absolute Gasteiger partial charge is 0.455 e. The van der Waals surface area contributed by atoms with Gasteiger partial charge in [-0.05, 0) is 163 Å². The van der Waals surface area contributed by atoms with Gasteiger partial charge in [-0.25, -0.2) is 0 Å². The zero-order valence-electron chi connectivity index (χ0n) is 62.2. The molecule has 0 aliphatic heterocycles. The highest BCUT2D eigenvalue weighted by Crippen LogP contribution is 2.55. The van der Waals surface area contributed by atoms with Gasteiger partial charge in [0, 0.05) is 110 Å². The Balaban J connectivity index is 0.000000138. The van der Waals surface area contributed by atoms with E-state index in [4.69, 9.17) is 17.7 Å². The minimum Gasteiger partial charge on any atom is -0.455 e. The molecule has 2 aliphatic rings. The molecule has 530 valence electrons. The summed E-state index contributed by atoms with van der Waals surface area (Å²) >= 11 is 0. The van der Waals surface area contributed by atoms with Gasteiger partial charge >= 0.3 is 0 Å². The molecular weight excluding hydrogens is 1370 g/mol. The molecule has 6 heteroatoms. The molecule has 0 bridgehead atoms. The van der Waals surface area contributed by atoms with Crippen molar-refractivity contribution in [2.24, 2.45) is 0 Å². The molecule has 0 fully saturated rings. The summed E-state index contributed by atoms with van der Waals surface area (Å²) in [5.41, 5.74) is 33.1. The van der Waals surface area contributed by atoms with Crippen molar-refractivity contribution in [3.05, 3.63) is 386 Å². The fourth-order valence-electron chi connectivity index (χ4n) is 18.5. The molecule has 0 saturated carbocycles. The summed E-state index contributed by atoms with van der Waals surface area (Å²) < 4.78 is 25.9. The van der Waals surface area contributed by atoms with E-state index in [2.05, 4.69) is 359 Å². The van der Waals surface area contributed by atoms with Crippen LogP contribution >= 0.6 is 0 Å². The average molecular weight is 1440 g/mol. The number of anilines is 6. The van der Waals surface area contributed by atoms with E-state index in [1.54, 1.807) is 0 Å². The van der Waals surface area contributed by atoms with Crippen molar-refractivity contribution >= 4 is 133 Å². The Morgan fingerprint density at radius 2 is 0.464 bits per heavy atom. The van der Waals surface area contributed by atoms with Crippen molar-refractivity contribution in [3.8, 4) is 66.8 Å². The molecule has 21 aromatic rings. The summed E-state index contributed by atoms with van der Waals surface area (Å²) in [6.45, 7) is 9.38. The number of hydrogen-bond acceptors (Lipinski definition) is 6. The molecule has 2 aliphatic carbocycles. The number of hydrogen-bond donors (Lipinski definition) is 0. The van der Waals surface area contributed by atoms with Gasteiger partial charge in [0.25, 0.3) is 0 Å². The third-order valence-electron chi connectivity index (χ3n) is 24.0. The smallest absolute Gasteiger partial charge is 0.143 e. The van der Waals surface area contributed by atoms with E-state index in [-0.39, 0.29) is 10.8 Å². The van der Waals surface area contributed by atoms with Crippen molar-refractivity contribution in [1.29, 1.82) is 0 Å². The lowest BCUT2D eigenvalue weighted by molar-refractivity contribution is 0.660. The van der Waals surface area contributed by atoms with Gasteiger partial charge in [0.05, 0.1) is 5.69 Å². The zero-order chi connectivity index (χ0) is 74.5. The van der Waals surface area contributed by atoms with E-state index in [0.717, 1.165) is 172 Å². The normalized spacial score (nSPS) is 13.1. The van der Waals surface area contributed by atoms with E-state index >= 15 is 0 Å². The van der Waals surface area contributed by atoms with Crippen LogP contribution in [0.5, 0.6) is 0 Å². The Bertz CT molecular complexity index is 7230. The predicted molar refractivity (Wildman–Crippen MR) is 466 cm³/mol. The maximum atomic E-state index is 6.57. The van der Waals surface area contributed by atoms with Crippen molar-refractivity contribution in [2.75, 3.05) is 9.80 Å². The average Bonchev–Trinajstić information content (AvgIpc) is 1.59. The van der Waals surface area contributed by atoms with Crippen LogP contribution in [0.4, 0.5) is 34.1 Å². The molecule has 0 spiro atoms. The van der Waals surface area contributed by atoms with Crippen LogP contribution in [0.1, 0.15) is 49.9 Å². The van der Waals surface area contributed by atoms with E-state index < -0.39 is 0 Å². The second-order valence-electron chi connectivity index (χ2n) is 30.9. The molecule has 17 aromatic carbocycles. The Morgan fingerprint density at radius 1 is 0.188 bits per heavy atom. The summed E-state index contributed by atoms with van der Waals surface area (Å²) in [5, 5.41) is 11.4. The van der Waals surface area contributed by atoms with Gasteiger partial charge in [0.1, 0.15) is 44.7 Å². The van der Waals surface area contributed by atoms with Gasteiger partial charge < -0.3 is 27.5 Å². The molecule has 0 N–H and O–H groups in total. The lowest BCUT2D eigenvalue weighted by atomic mass is 9.82. The third kappa shape index (κ3) is 10.1. The first-order valence-corrected chi connectivity index (χ1v) is 38.6. The zero-order valence-corrected chi connectivity index (χ0v) is 62.2. The topological polar surface area (TPSA) is 59.0 Å². The Morgan fingerprint density at radius 3 is 0.866 bits per heavy atom. The number of nitrogens with zero attached hydrogens (tertiary/aromatic N) is 2. The number of para-hydroxylation sites is 8. The number of rotatable bonds is 10. The quantitative estimate of drug-likeness (QED) is 0.136. The number of furan rings is 4. The van der Waals surface area contributed by atoms with Crippen molar-refractivity contribution in [2.45, 2.75) is 38.5 Å². The van der Waals surface area contributed by atoms with Crippen LogP contribution in [0.15, 0.2) is 382 Å². The maximum Gasteiger partial charge on any atom is 0.143 e. The van der Waals surface area contributed by atoms with Crippen LogP contribution in [-0.2, 0) is 10.8 Å². The van der Waals surface area contributed by atoms with Crippen molar-refractivity contribution < 1.29 is 17.7 Å². The minimum atomic E-state index is -0.139. The Kier molecular flexibility index (Phi) is 14.6. The molecular formula is C106H72N2O4. The first-order valence-electron chi connectivity index (χ1n) is 38.6. The Hall–Kier alpha value is -14.2. The van der Waals surface area contributed by atoms with Crippen LogP contribution in [-0.4, -0.2) is 0 Å². The van der Waals surface area contributed by atoms with Crippen LogP contribution < -0.4 is 9.80 Å². The van der Waals surface area contributed by atoms with Gasteiger partial charge in [-0.15, -0.1) is 0 Å². The number of fused-ring (bicyclic) bond motifs is 19. The van der Waals surface area contributed by atoms with Crippen molar-refractivity contribution in [1.82, 2.24) is 0 Å². The lowest BCUT2D eigenvalue weighted by Gasteiger charge is -2.29. The monoisotopic (exact) mass is 1440 g/mol. The highest BCUT2D eigenvalue weighted by molar-refractivity contribution is 6.16. The van der Waals surface area contributed by atoms with E-state index in [1.807, 2.05) is 42.5 Å². The predicted octanol–water partition coefficient (Wildman–Crippen LogP) is 30.3. The van der Waals surface area contributed by atoms with Crippen molar-refractivity contribution in [3.63, 3.8) is 0 Å². The summed E-state index contributed by atoms with van der Waals surface area (Å²) in [7, 11) is 0. The van der Waals surface area contributed by atoms with Gasteiger partial charge in [0.2, 0.25) is 0 Å². The van der Waals surface area contributed by atoms with E-state index in [0.29, 0.717) is 0 Å². The minimum absolute atomic E-state index is 0.113. The van der Waals surface area contributed by atoms with Crippen LogP contribution in [0.2, 0.25) is 0 Å². The summed E-state index contributed by atoms with van der Waals surface area (Å²) in [5.74, 6) is 0.